The highest BCUT2D eigenvalue weighted by Gasteiger charge is 1.81. The lowest BCUT2D eigenvalue weighted by atomic mass is 11.3. The molecule has 0 aromatic carbocycles. The molecule has 0 aliphatic heterocycles. The number of hydrogen-bond acceptors (Lipinski definition) is 2. The van der Waals surface area contributed by atoms with Gasteiger partial charge in [0, 0.05) is 7.11 Å². The second-order valence-electron chi connectivity index (χ2n) is 1.50. The number of nitrogens with zero attached hydrogens (tertiary/aromatic N) is 1. The first kappa shape index (κ1) is 6.14. The van der Waals surface area contributed by atoms with E-state index in [1.807, 2.05) is 14.1 Å². The van der Waals surface area contributed by atoms with Crippen molar-refractivity contribution < 1.29 is 4.43 Å². The second kappa shape index (κ2) is 3.33. The van der Waals surface area contributed by atoms with E-state index in [0.717, 1.165) is 0 Å². The molecule has 0 aliphatic rings. The summed E-state index contributed by atoms with van der Waals surface area (Å²) in [5, 5.41) is 0. The third-order valence-electron chi connectivity index (χ3n) is 0.387. The van der Waals surface area contributed by atoms with Crippen LogP contribution in [-0.2, 0) is 4.43 Å². The molecule has 0 aliphatic carbocycles. The average molecular weight is 105 g/mol. The predicted octanol–water partition coefficient (Wildman–Crippen LogP) is -0.807. The van der Waals surface area contributed by atoms with Gasteiger partial charge in [-0.1, -0.05) is 0 Å². The van der Waals surface area contributed by atoms with Crippen molar-refractivity contribution in [3.05, 3.63) is 0 Å². The molecule has 3 heteroatoms. The molecule has 6 heavy (non-hydrogen) atoms. The van der Waals surface area contributed by atoms with E-state index >= 15 is 0 Å². The van der Waals surface area contributed by atoms with Gasteiger partial charge in [-0.25, -0.2) is 0 Å². The molecule has 0 amide bonds. The van der Waals surface area contributed by atoms with Gasteiger partial charge in [0.25, 0.3) is 0 Å². The molecule has 0 bridgehead atoms. The van der Waals surface area contributed by atoms with E-state index in [1.165, 1.54) is 0 Å². The Morgan fingerprint density at radius 3 is 2.00 bits per heavy atom. The second-order valence-corrected chi connectivity index (χ2v) is 3.60. The van der Waals surface area contributed by atoms with Crippen molar-refractivity contribution in [3.8, 4) is 0 Å². The molecule has 0 N–H and O–H groups in total. The van der Waals surface area contributed by atoms with E-state index in [-0.39, 0.29) is 9.92 Å². The minimum atomic E-state index is -0.310. The van der Waals surface area contributed by atoms with Gasteiger partial charge in [-0.3, -0.25) is 0 Å². The number of hydrogen-bond donors (Lipinski definition) is 0. The highest BCUT2D eigenvalue weighted by Crippen LogP contribution is 1.64. The highest BCUT2D eigenvalue weighted by atomic mass is 28.2. The van der Waals surface area contributed by atoms with Gasteiger partial charge in [0.05, 0.1) is 0 Å². The molecule has 0 spiro atoms. The monoisotopic (exact) mass is 105 g/mol. The molecule has 0 aromatic rings. The summed E-state index contributed by atoms with van der Waals surface area (Å²) in [6.07, 6.45) is 0. The molecule has 0 unspecified atom stereocenters. The number of rotatable bonds is 2. The zero-order valence-corrected chi connectivity index (χ0v) is 5.98. The molecule has 0 aromatic heterocycles. The standard InChI is InChI=1S/C3H11NOSi/c1-4(2)6-5-3/h6H2,1-3H3. The Hall–Kier alpha value is 0.137. The van der Waals surface area contributed by atoms with Crippen LogP contribution in [-0.4, -0.2) is 35.7 Å². The van der Waals surface area contributed by atoms with Crippen molar-refractivity contribution in [2.24, 2.45) is 0 Å². The van der Waals surface area contributed by atoms with Gasteiger partial charge in [-0.2, -0.15) is 0 Å². The lowest BCUT2D eigenvalue weighted by molar-refractivity contribution is 0.392. The molecule has 0 radical (unpaired) electrons. The van der Waals surface area contributed by atoms with Crippen LogP contribution in [0.1, 0.15) is 0 Å². The Bertz CT molecular complexity index is 32.0. The van der Waals surface area contributed by atoms with Crippen molar-refractivity contribution >= 4 is 9.92 Å². The zero-order valence-electron chi connectivity index (χ0n) is 4.56. The third kappa shape index (κ3) is 4.14. The third-order valence-corrected chi connectivity index (χ3v) is 1.16. The summed E-state index contributed by atoms with van der Waals surface area (Å²) in [6, 6.07) is 0. The van der Waals surface area contributed by atoms with Crippen molar-refractivity contribution in [1.29, 1.82) is 0 Å². The molecule has 0 saturated carbocycles. The minimum absolute atomic E-state index is 0.310. The zero-order chi connectivity index (χ0) is 4.99. The summed E-state index contributed by atoms with van der Waals surface area (Å²) in [7, 11) is 5.48. The minimum Gasteiger partial charge on any atom is -0.411 e. The lowest BCUT2D eigenvalue weighted by Crippen LogP contribution is -2.18. The van der Waals surface area contributed by atoms with E-state index in [4.69, 9.17) is 4.43 Å². The molecule has 2 nitrogen and oxygen atoms in total. The smallest absolute Gasteiger partial charge is 0.237 e. The Morgan fingerprint density at radius 1 is 1.50 bits per heavy atom. The predicted molar refractivity (Wildman–Crippen MR) is 29.2 cm³/mol. The summed E-state index contributed by atoms with van der Waals surface area (Å²) in [5.41, 5.74) is 0. The topological polar surface area (TPSA) is 12.5 Å². The van der Waals surface area contributed by atoms with Crippen LogP contribution >= 0.6 is 0 Å². The summed E-state index contributed by atoms with van der Waals surface area (Å²) in [6.45, 7) is 0. The first-order valence-electron chi connectivity index (χ1n) is 1.91. The van der Waals surface area contributed by atoms with Crippen molar-refractivity contribution in [3.63, 3.8) is 0 Å². The maximum absolute atomic E-state index is 4.87. The first-order valence-corrected chi connectivity index (χ1v) is 3.12. The van der Waals surface area contributed by atoms with Crippen LogP contribution in [0.4, 0.5) is 0 Å². The fourth-order valence-electron chi connectivity index (χ4n) is 0.258. The van der Waals surface area contributed by atoms with Gasteiger partial charge < -0.3 is 8.99 Å². The molecule has 0 heterocycles. The quantitative estimate of drug-likeness (QED) is 0.426. The summed E-state index contributed by atoms with van der Waals surface area (Å²) >= 11 is 0. The largest absolute Gasteiger partial charge is 0.411 e. The van der Waals surface area contributed by atoms with Gasteiger partial charge in [0.1, 0.15) is 0 Å². The highest BCUT2D eigenvalue weighted by molar-refractivity contribution is 6.22. The lowest BCUT2D eigenvalue weighted by Gasteiger charge is -2.03. The van der Waals surface area contributed by atoms with Crippen LogP contribution < -0.4 is 0 Å². The van der Waals surface area contributed by atoms with Crippen molar-refractivity contribution in [2.45, 2.75) is 0 Å². The van der Waals surface area contributed by atoms with Gasteiger partial charge in [-0.05, 0) is 14.1 Å². The van der Waals surface area contributed by atoms with Crippen LogP contribution in [0.25, 0.3) is 0 Å². The van der Waals surface area contributed by atoms with Crippen LogP contribution in [0.15, 0.2) is 0 Å². The van der Waals surface area contributed by atoms with Gasteiger partial charge in [-0.15, -0.1) is 0 Å². The van der Waals surface area contributed by atoms with Gasteiger partial charge in [0.15, 0.2) is 0 Å². The maximum atomic E-state index is 4.87. The van der Waals surface area contributed by atoms with E-state index < -0.39 is 0 Å². The Balaban J connectivity index is 2.63. The fourth-order valence-corrected chi connectivity index (χ4v) is 0.775. The van der Waals surface area contributed by atoms with E-state index in [2.05, 4.69) is 4.57 Å². The van der Waals surface area contributed by atoms with Crippen LogP contribution in [0, 0.1) is 0 Å². The van der Waals surface area contributed by atoms with E-state index in [9.17, 15) is 0 Å². The molecular formula is C3H11NOSi. The van der Waals surface area contributed by atoms with Gasteiger partial charge >= 0.3 is 0 Å². The molecule has 0 rings (SSSR count). The SMILES string of the molecule is CO[SiH2]N(C)C. The molecule has 0 fully saturated rings. The fraction of sp³-hybridized carbons (Fsp3) is 1.00. The Labute approximate surface area is 41.1 Å². The van der Waals surface area contributed by atoms with E-state index in [0.29, 0.717) is 0 Å². The summed E-state index contributed by atoms with van der Waals surface area (Å²) in [5.74, 6) is 0. The molecular weight excluding hydrogens is 94.1 g/mol. The Kier molecular flexibility index (Phi) is 3.41. The van der Waals surface area contributed by atoms with E-state index in [1.54, 1.807) is 7.11 Å². The molecule has 0 saturated heterocycles. The maximum Gasteiger partial charge on any atom is 0.237 e. The Morgan fingerprint density at radius 2 is 2.00 bits per heavy atom. The average Bonchev–Trinajstić information content (AvgIpc) is 1.35. The van der Waals surface area contributed by atoms with Crippen molar-refractivity contribution in [1.82, 2.24) is 4.57 Å². The molecule has 0 atom stereocenters. The normalized spacial score (nSPS) is 12.0. The van der Waals surface area contributed by atoms with Crippen LogP contribution in [0.5, 0.6) is 0 Å². The van der Waals surface area contributed by atoms with Gasteiger partial charge in [0.2, 0.25) is 9.92 Å². The van der Waals surface area contributed by atoms with Crippen LogP contribution in [0.2, 0.25) is 0 Å². The van der Waals surface area contributed by atoms with Crippen LogP contribution in [0.3, 0.4) is 0 Å². The first-order chi connectivity index (χ1) is 2.77. The summed E-state index contributed by atoms with van der Waals surface area (Å²) in [4.78, 5) is 0. The summed E-state index contributed by atoms with van der Waals surface area (Å²) < 4.78 is 6.97. The molecule has 38 valence electrons. The van der Waals surface area contributed by atoms with Crippen molar-refractivity contribution in [2.75, 3.05) is 21.2 Å².